The van der Waals surface area contributed by atoms with Crippen LogP contribution in [0.25, 0.3) is 21.6 Å². The van der Waals surface area contributed by atoms with Crippen molar-refractivity contribution in [3.05, 3.63) is 47.0 Å². The molecule has 5 amide bonds. The van der Waals surface area contributed by atoms with Crippen molar-refractivity contribution in [2.24, 2.45) is 5.92 Å². The lowest BCUT2D eigenvalue weighted by atomic mass is 10.0. The predicted molar refractivity (Wildman–Crippen MR) is 227 cm³/mol. The summed E-state index contributed by atoms with van der Waals surface area (Å²) in [5, 5.41) is 8.81. The standard InChI is InChI=1S/C43H55N7O8S2/c1-24(2)49(4)42(54)46-31-12-10-8-6-7-9-11-27-21-43(27,41(53)48-60(55,56)29-15-16-29)47-38(51)34-19-28(22-50(34)40(31)52)58-36-20-32(39-45-33(23-59-39)26-13-14-26)44-37-25(3)35(57-5)18-17-30(36)37/h9,11,17-18,20,23-24,26-29,31,34H,6-8,10,12-16,19,21-22H2,1-5H3,(H,46,54)(H,47,51)(H,48,53)/b11-9+/t27-,28-,31+,34+,43-/m1/s1. The number of rotatable bonds is 10. The van der Waals surface area contributed by atoms with E-state index in [0.717, 1.165) is 47.3 Å². The number of allylic oxidation sites excluding steroid dienone is 1. The summed E-state index contributed by atoms with van der Waals surface area (Å²) in [7, 11) is -0.626. The number of aryl methyl sites for hydroxylation is 1. The summed E-state index contributed by atoms with van der Waals surface area (Å²) in [6.07, 6.45) is 9.96. The highest BCUT2D eigenvalue weighted by atomic mass is 32.2. The minimum Gasteiger partial charge on any atom is -0.496 e. The van der Waals surface area contributed by atoms with Gasteiger partial charge in [0.25, 0.3) is 5.91 Å². The van der Waals surface area contributed by atoms with Gasteiger partial charge < -0.3 is 29.9 Å². The molecule has 3 aromatic rings. The lowest BCUT2D eigenvalue weighted by Crippen LogP contribution is -2.59. The summed E-state index contributed by atoms with van der Waals surface area (Å²) in [5.41, 5.74) is 1.67. The van der Waals surface area contributed by atoms with Gasteiger partial charge in [-0.2, -0.15) is 0 Å². The molecule has 0 spiro atoms. The molecule has 1 aromatic carbocycles. The van der Waals surface area contributed by atoms with Crippen molar-refractivity contribution in [1.82, 2.24) is 35.1 Å². The molecule has 0 unspecified atom stereocenters. The third kappa shape index (κ3) is 8.56. The molecular formula is C43H55N7O8S2. The van der Waals surface area contributed by atoms with Gasteiger partial charge >= 0.3 is 6.03 Å². The van der Waals surface area contributed by atoms with E-state index in [1.165, 1.54) is 21.1 Å². The Bertz CT molecular complexity index is 2320. The number of hydrogen-bond donors (Lipinski definition) is 3. The molecule has 4 heterocycles. The first-order valence-electron chi connectivity index (χ1n) is 21.2. The predicted octanol–water partition coefficient (Wildman–Crippen LogP) is 5.32. The minimum atomic E-state index is -3.90. The Morgan fingerprint density at radius 1 is 1.07 bits per heavy atom. The second kappa shape index (κ2) is 16.6. The summed E-state index contributed by atoms with van der Waals surface area (Å²) in [6, 6.07) is 3.03. The van der Waals surface area contributed by atoms with E-state index in [-0.39, 0.29) is 25.4 Å². The highest BCUT2D eigenvalue weighted by molar-refractivity contribution is 7.91. The first-order chi connectivity index (χ1) is 28.7. The SMILES string of the molecule is COc1ccc2c(O[C@@H]3C[C@H]4C(=O)N[C@]5(C(=O)NS(=O)(=O)C6CC6)C[C@H]5/C=C/CCCCC[C@H](NC(=O)N(C)C(C)C)C(=O)N4C3)cc(-c3nc(C4CC4)cs3)nc2c1C. The van der Waals surface area contributed by atoms with Crippen LogP contribution in [0.4, 0.5) is 4.79 Å². The first kappa shape index (κ1) is 41.9. The average molecular weight is 862 g/mol. The number of thiazole rings is 1. The highest BCUT2D eigenvalue weighted by Crippen LogP contribution is 2.47. The van der Waals surface area contributed by atoms with Gasteiger partial charge in [-0.3, -0.25) is 19.1 Å². The fraction of sp³-hybridized carbons (Fsp3) is 0.581. The second-order valence-corrected chi connectivity index (χ2v) is 20.2. The molecule has 0 radical (unpaired) electrons. The van der Waals surface area contributed by atoms with Crippen molar-refractivity contribution in [1.29, 1.82) is 0 Å². The number of carbonyl (C=O) groups is 4. The average Bonchev–Trinajstić information content (AvgIpc) is 4.17. The van der Waals surface area contributed by atoms with Crippen molar-refractivity contribution in [2.75, 3.05) is 20.7 Å². The molecule has 2 aromatic heterocycles. The smallest absolute Gasteiger partial charge is 0.318 e. The molecular weight excluding hydrogens is 807 g/mol. The van der Waals surface area contributed by atoms with Crippen LogP contribution in [-0.4, -0.2) is 108 Å². The van der Waals surface area contributed by atoms with E-state index in [2.05, 4.69) is 20.7 Å². The van der Waals surface area contributed by atoms with Gasteiger partial charge in [-0.15, -0.1) is 11.3 Å². The quantitative estimate of drug-likeness (QED) is 0.225. The Hall–Kier alpha value is -4.77. The van der Waals surface area contributed by atoms with E-state index in [0.29, 0.717) is 60.7 Å². The molecule has 17 heteroatoms. The molecule has 3 saturated carbocycles. The topological polar surface area (TPSA) is 189 Å². The molecule has 5 aliphatic rings. The molecule has 322 valence electrons. The van der Waals surface area contributed by atoms with Gasteiger partial charge in [0.05, 0.1) is 30.1 Å². The van der Waals surface area contributed by atoms with Crippen LogP contribution in [-0.2, 0) is 24.4 Å². The molecule has 4 fully saturated rings. The van der Waals surface area contributed by atoms with Crippen LogP contribution < -0.4 is 24.8 Å². The molecule has 1 saturated heterocycles. The summed E-state index contributed by atoms with van der Waals surface area (Å²) >= 11 is 1.52. The molecule has 8 rings (SSSR count). The Morgan fingerprint density at radius 2 is 1.85 bits per heavy atom. The number of benzene rings is 1. The van der Waals surface area contributed by atoms with E-state index in [1.807, 2.05) is 51.1 Å². The monoisotopic (exact) mass is 861 g/mol. The molecule has 0 bridgehead atoms. The lowest BCUT2D eigenvalue weighted by molar-refractivity contribution is -0.141. The van der Waals surface area contributed by atoms with E-state index in [9.17, 15) is 27.6 Å². The maximum absolute atomic E-state index is 14.8. The number of fused-ring (bicyclic) bond motifs is 3. The second-order valence-electron chi connectivity index (χ2n) is 17.3. The number of amides is 5. The first-order valence-corrected chi connectivity index (χ1v) is 23.6. The van der Waals surface area contributed by atoms with Crippen LogP contribution in [0.3, 0.4) is 0 Å². The number of aromatic nitrogens is 2. The Labute approximate surface area is 355 Å². The molecule has 3 N–H and O–H groups in total. The highest BCUT2D eigenvalue weighted by Gasteiger charge is 2.62. The van der Waals surface area contributed by atoms with Gasteiger partial charge in [0, 0.05) is 53.7 Å². The Morgan fingerprint density at radius 3 is 2.57 bits per heavy atom. The number of nitrogens with zero attached hydrogens (tertiary/aromatic N) is 4. The van der Waals surface area contributed by atoms with Gasteiger partial charge in [-0.1, -0.05) is 25.0 Å². The summed E-state index contributed by atoms with van der Waals surface area (Å²) < 4.78 is 40.7. The van der Waals surface area contributed by atoms with E-state index in [1.54, 1.807) is 14.2 Å². The van der Waals surface area contributed by atoms with Gasteiger partial charge in [0.15, 0.2) is 0 Å². The van der Waals surface area contributed by atoms with Crippen molar-refractivity contribution < 1.29 is 37.1 Å². The fourth-order valence-corrected chi connectivity index (χ4v) is 10.5. The number of nitrogens with one attached hydrogen (secondary N) is 3. The molecule has 15 nitrogen and oxygen atoms in total. The normalized spacial score (nSPS) is 26.6. The maximum atomic E-state index is 14.8. The number of hydrogen-bond acceptors (Lipinski definition) is 11. The molecule has 60 heavy (non-hydrogen) atoms. The lowest BCUT2D eigenvalue weighted by Gasteiger charge is -2.31. The zero-order valence-electron chi connectivity index (χ0n) is 34.9. The van der Waals surface area contributed by atoms with E-state index in [4.69, 9.17) is 19.4 Å². The number of urea groups is 1. The zero-order chi connectivity index (χ0) is 42.5. The van der Waals surface area contributed by atoms with Crippen LogP contribution in [0.5, 0.6) is 11.5 Å². The third-order valence-electron chi connectivity index (χ3n) is 12.6. The zero-order valence-corrected chi connectivity index (χ0v) is 36.5. The molecule has 5 atom stereocenters. The van der Waals surface area contributed by atoms with E-state index < -0.39 is 68.7 Å². The van der Waals surface area contributed by atoms with Crippen LogP contribution in [0.1, 0.15) is 102 Å². The maximum Gasteiger partial charge on any atom is 0.318 e. The van der Waals surface area contributed by atoms with Gasteiger partial charge in [0.1, 0.15) is 45.9 Å². The third-order valence-corrected chi connectivity index (χ3v) is 15.3. The van der Waals surface area contributed by atoms with Gasteiger partial charge in [-0.25, -0.2) is 23.2 Å². The minimum absolute atomic E-state index is 0.0132. The number of sulfonamides is 1. The number of carbonyl (C=O) groups excluding carboxylic acids is 4. The largest absolute Gasteiger partial charge is 0.496 e. The molecule has 3 aliphatic carbocycles. The Balaban J connectivity index is 1.14. The summed E-state index contributed by atoms with van der Waals surface area (Å²) in [6.45, 7) is 5.71. The number of pyridine rings is 1. The van der Waals surface area contributed by atoms with Crippen LogP contribution in [0.15, 0.2) is 35.7 Å². The van der Waals surface area contributed by atoms with Gasteiger partial charge in [0.2, 0.25) is 21.8 Å². The van der Waals surface area contributed by atoms with Crippen molar-refractivity contribution >= 4 is 56.0 Å². The van der Waals surface area contributed by atoms with Gasteiger partial charge in [-0.05, 0) is 84.3 Å². The summed E-state index contributed by atoms with van der Waals surface area (Å²) in [4.78, 5) is 69.7. The van der Waals surface area contributed by atoms with E-state index >= 15 is 0 Å². The number of methoxy groups -OCH3 is 1. The van der Waals surface area contributed by atoms with Crippen molar-refractivity contribution in [3.63, 3.8) is 0 Å². The number of ether oxygens (including phenoxy) is 2. The van der Waals surface area contributed by atoms with Crippen molar-refractivity contribution in [3.8, 4) is 22.2 Å². The summed E-state index contributed by atoms with van der Waals surface area (Å²) in [5.74, 6) is -0.599. The Kier molecular flexibility index (Phi) is 11.6. The van der Waals surface area contributed by atoms with Crippen LogP contribution in [0.2, 0.25) is 0 Å². The fourth-order valence-electron chi connectivity index (χ4n) is 8.29. The van der Waals surface area contributed by atoms with Crippen LogP contribution in [0, 0.1) is 12.8 Å². The van der Waals surface area contributed by atoms with Crippen LogP contribution >= 0.6 is 11.3 Å². The van der Waals surface area contributed by atoms with Crippen molar-refractivity contribution in [2.45, 2.75) is 132 Å². The molecule has 2 aliphatic heterocycles.